The van der Waals surface area contributed by atoms with Crippen LogP contribution in [-0.2, 0) is 4.79 Å². The van der Waals surface area contributed by atoms with Crippen LogP contribution in [0.1, 0.15) is 20.7 Å². The lowest BCUT2D eigenvalue weighted by molar-refractivity contribution is -0.121. The van der Waals surface area contributed by atoms with Crippen molar-refractivity contribution >= 4 is 91.2 Å². The molecule has 0 bridgehead atoms. The number of hydrogen-bond acceptors (Lipinski definition) is 7. The van der Waals surface area contributed by atoms with Gasteiger partial charge in [0.25, 0.3) is 17.7 Å². The molecule has 0 radical (unpaired) electrons. The average molecular weight is 761 g/mol. The normalized spacial score (nSPS) is 11.8. The fourth-order valence-electron chi connectivity index (χ4n) is 2.55. The Bertz CT molecular complexity index is 823. The van der Waals surface area contributed by atoms with E-state index in [0.717, 1.165) is 0 Å². The van der Waals surface area contributed by atoms with E-state index in [2.05, 4.69) is 5.32 Å². The number of hydrogen-bond donors (Lipinski definition) is 5. The van der Waals surface area contributed by atoms with Crippen LogP contribution < -0.4 is 10.2 Å². The second-order valence-corrected chi connectivity index (χ2v) is 9.28. The molecule has 0 heterocycles. The first-order valence-electron chi connectivity index (χ1n) is 8.56. The van der Waals surface area contributed by atoms with Gasteiger partial charge in [-0.3, -0.25) is 14.4 Å². The first kappa shape index (κ1) is 27.7. The van der Waals surface area contributed by atoms with Crippen molar-refractivity contribution in [2.24, 2.45) is 0 Å². The molecular formula is C17H22I3N3O7. The molecule has 0 aliphatic rings. The molecule has 168 valence electrons. The Morgan fingerprint density at radius 2 is 1.60 bits per heavy atom. The number of aliphatic hydroxyl groups excluding tert-OH is 4. The highest BCUT2D eigenvalue weighted by molar-refractivity contribution is 14.1. The van der Waals surface area contributed by atoms with Gasteiger partial charge < -0.3 is 35.5 Å². The highest BCUT2D eigenvalue weighted by Gasteiger charge is 2.32. The van der Waals surface area contributed by atoms with Gasteiger partial charge in [-0.1, -0.05) is 0 Å². The minimum absolute atomic E-state index is 0.107. The van der Waals surface area contributed by atoms with Crippen molar-refractivity contribution < 1.29 is 34.8 Å². The summed E-state index contributed by atoms with van der Waals surface area (Å²) in [6.45, 7) is -2.04. The first-order valence-corrected chi connectivity index (χ1v) is 11.8. The maximum Gasteiger partial charge on any atom is 0.256 e. The number of benzene rings is 1. The van der Waals surface area contributed by atoms with Crippen molar-refractivity contribution in [1.29, 1.82) is 0 Å². The molecule has 1 atom stereocenters. The topological polar surface area (TPSA) is 151 Å². The smallest absolute Gasteiger partial charge is 0.256 e. The van der Waals surface area contributed by atoms with Gasteiger partial charge in [0.05, 0.1) is 43.3 Å². The van der Waals surface area contributed by atoms with E-state index in [9.17, 15) is 29.7 Å². The van der Waals surface area contributed by atoms with Gasteiger partial charge in [0.2, 0.25) is 0 Å². The first-order chi connectivity index (χ1) is 14.1. The summed E-state index contributed by atoms with van der Waals surface area (Å²) >= 11 is 5.67. The fourth-order valence-corrected chi connectivity index (χ4v) is 7.40. The lowest BCUT2D eigenvalue weighted by Gasteiger charge is -2.28. The third-order valence-electron chi connectivity index (χ3n) is 4.11. The molecule has 1 rings (SSSR count). The number of rotatable bonds is 9. The zero-order valence-corrected chi connectivity index (χ0v) is 22.6. The van der Waals surface area contributed by atoms with Gasteiger partial charge in [-0.15, -0.1) is 0 Å². The largest absolute Gasteiger partial charge is 0.395 e. The van der Waals surface area contributed by atoms with Crippen molar-refractivity contribution in [1.82, 2.24) is 10.2 Å². The number of likely N-dealkylation sites (N-methyl/N-ethyl adjacent to an activating group) is 1. The summed E-state index contributed by atoms with van der Waals surface area (Å²) in [5.41, 5.74) is 0.576. The molecular weight excluding hydrogens is 739 g/mol. The van der Waals surface area contributed by atoms with Crippen LogP contribution >= 0.6 is 67.8 Å². The third-order valence-corrected chi connectivity index (χ3v) is 7.28. The summed E-state index contributed by atoms with van der Waals surface area (Å²) in [4.78, 5) is 40.4. The fraction of sp³-hybridized carbons (Fsp3) is 0.471. The molecule has 0 fully saturated rings. The Labute approximate surface area is 214 Å². The van der Waals surface area contributed by atoms with Crippen LogP contribution in [0.3, 0.4) is 0 Å². The van der Waals surface area contributed by atoms with E-state index in [0.29, 0.717) is 10.7 Å². The van der Waals surface area contributed by atoms with E-state index in [4.69, 9.17) is 5.11 Å². The predicted molar refractivity (Wildman–Crippen MR) is 135 cm³/mol. The molecule has 0 saturated heterocycles. The summed E-state index contributed by atoms with van der Waals surface area (Å²) in [5, 5.41) is 40.0. The van der Waals surface area contributed by atoms with Gasteiger partial charge in [0.15, 0.2) is 0 Å². The molecule has 0 aliphatic carbocycles. The van der Waals surface area contributed by atoms with E-state index in [1.165, 1.54) is 23.9 Å². The summed E-state index contributed by atoms with van der Waals surface area (Å²) in [6.07, 6.45) is -1.21. The molecule has 0 aliphatic heterocycles. The Hall–Kier alpha value is -0.340. The van der Waals surface area contributed by atoms with Crippen molar-refractivity contribution in [2.45, 2.75) is 6.10 Å². The van der Waals surface area contributed by atoms with Gasteiger partial charge in [-0.25, -0.2) is 0 Å². The average Bonchev–Trinajstić information content (AvgIpc) is 2.71. The number of amides is 3. The van der Waals surface area contributed by atoms with Crippen molar-refractivity contribution in [2.75, 3.05) is 51.9 Å². The number of carbonyl (C=O) groups is 3. The van der Waals surface area contributed by atoms with Crippen LogP contribution in [0.25, 0.3) is 0 Å². The zero-order valence-electron chi connectivity index (χ0n) is 16.2. The van der Waals surface area contributed by atoms with E-state index < -0.39 is 37.0 Å². The van der Waals surface area contributed by atoms with Gasteiger partial charge in [-0.2, -0.15) is 0 Å². The summed E-state index contributed by atoms with van der Waals surface area (Å²) in [7, 11) is 2.86. The minimum atomic E-state index is -1.21. The molecule has 5 N–H and O–H groups in total. The summed E-state index contributed by atoms with van der Waals surface area (Å²) in [5.74, 6) is -1.68. The van der Waals surface area contributed by atoms with Crippen LogP contribution in [0.2, 0.25) is 0 Å². The van der Waals surface area contributed by atoms with Crippen molar-refractivity contribution in [3.8, 4) is 0 Å². The lowest BCUT2D eigenvalue weighted by Crippen LogP contribution is -2.42. The summed E-state index contributed by atoms with van der Waals surface area (Å²) < 4.78 is 1.12. The van der Waals surface area contributed by atoms with Crippen LogP contribution in [0.15, 0.2) is 0 Å². The third kappa shape index (κ3) is 6.12. The van der Waals surface area contributed by atoms with Crippen LogP contribution in [0.5, 0.6) is 0 Å². The molecule has 1 aromatic carbocycles. The Balaban J connectivity index is 3.80. The second kappa shape index (κ2) is 12.6. The maximum atomic E-state index is 13.3. The maximum absolute atomic E-state index is 13.3. The van der Waals surface area contributed by atoms with Gasteiger partial charge >= 0.3 is 0 Å². The van der Waals surface area contributed by atoms with Gasteiger partial charge in [0, 0.05) is 30.8 Å². The minimum Gasteiger partial charge on any atom is -0.395 e. The molecule has 1 unspecified atom stereocenters. The Morgan fingerprint density at radius 1 is 1.03 bits per heavy atom. The Kier molecular flexibility index (Phi) is 11.7. The highest BCUT2D eigenvalue weighted by Crippen LogP contribution is 2.38. The Morgan fingerprint density at radius 3 is 2.07 bits per heavy atom. The zero-order chi connectivity index (χ0) is 23.2. The number of anilines is 1. The van der Waals surface area contributed by atoms with Crippen LogP contribution in [-0.4, -0.2) is 96.2 Å². The molecule has 13 heteroatoms. The van der Waals surface area contributed by atoms with Crippen molar-refractivity contribution in [3.63, 3.8) is 0 Å². The van der Waals surface area contributed by atoms with E-state index >= 15 is 0 Å². The predicted octanol–water partition coefficient (Wildman–Crippen LogP) is -0.397. The molecule has 1 aromatic rings. The van der Waals surface area contributed by atoms with Gasteiger partial charge in [0.1, 0.15) is 6.61 Å². The molecule has 30 heavy (non-hydrogen) atoms. The van der Waals surface area contributed by atoms with Crippen molar-refractivity contribution in [3.05, 3.63) is 21.8 Å². The molecule has 10 nitrogen and oxygen atoms in total. The number of nitrogens with zero attached hydrogens (tertiary/aromatic N) is 2. The summed E-state index contributed by atoms with van der Waals surface area (Å²) in [6, 6.07) is 0. The highest BCUT2D eigenvalue weighted by atomic mass is 127. The van der Waals surface area contributed by atoms with E-state index in [-0.39, 0.29) is 36.5 Å². The van der Waals surface area contributed by atoms with Gasteiger partial charge in [-0.05, 0) is 67.8 Å². The molecule has 0 aromatic heterocycles. The van der Waals surface area contributed by atoms with E-state index in [1.54, 1.807) is 0 Å². The van der Waals surface area contributed by atoms with E-state index in [1.807, 2.05) is 67.8 Å². The monoisotopic (exact) mass is 761 g/mol. The molecule has 0 saturated carbocycles. The lowest BCUT2D eigenvalue weighted by atomic mass is 10.1. The molecule has 0 spiro atoms. The number of carbonyl (C=O) groups excluding carboxylic acids is 3. The van der Waals surface area contributed by atoms with Crippen LogP contribution in [0, 0.1) is 10.7 Å². The SMILES string of the molecule is CNC(=O)c1c(I)c(C(=O)N(CCO)CC(O)CO)c(I)c(N(C)C(=O)CO)c1I. The molecule has 3 amide bonds. The quantitative estimate of drug-likeness (QED) is 0.215. The number of aliphatic hydroxyl groups is 4. The standard InChI is InChI=1S/C17H22I3N3O7/c1-21-16(29)10-12(18)11(17(30)23(3-4-24)5-8(27)6-25)14(20)15(13(10)19)22(2)9(28)7-26/h8,24-27H,3-7H2,1-2H3,(H,21,29). The second-order valence-electron chi connectivity index (χ2n) is 6.04. The number of halogens is 3. The number of nitrogens with one attached hydrogen (secondary N) is 1. The van der Waals surface area contributed by atoms with Crippen LogP contribution in [0.4, 0.5) is 5.69 Å².